The van der Waals surface area contributed by atoms with Gasteiger partial charge in [0.25, 0.3) is 0 Å². The molecule has 1 aromatic rings. The molecule has 0 radical (unpaired) electrons. The van der Waals surface area contributed by atoms with Gasteiger partial charge in [0.15, 0.2) is 0 Å². The third-order valence-electron chi connectivity index (χ3n) is 4.00. The number of allylic oxidation sites excluding steroid dienone is 1. The van der Waals surface area contributed by atoms with E-state index >= 15 is 0 Å². The number of likely N-dealkylation sites (tertiary alicyclic amines) is 1. The van der Waals surface area contributed by atoms with Crippen molar-refractivity contribution in [1.82, 2.24) is 4.90 Å². The number of ether oxygens (including phenoxy) is 1. The number of alkyl halides is 3. The molecule has 1 saturated heterocycles. The number of amides is 1. The Morgan fingerprint density at radius 2 is 1.75 bits per heavy atom. The molecule has 1 aliphatic heterocycles. The molecule has 7 heteroatoms. The van der Waals surface area contributed by atoms with E-state index < -0.39 is 17.7 Å². The molecular weight excluding hydrogens is 323 g/mol. The second-order valence-electron chi connectivity index (χ2n) is 5.54. The van der Waals surface area contributed by atoms with Crippen molar-refractivity contribution >= 4 is 17.4 Å². The molecule has 0 saturated carbocycles. The second kappa shape index (κ2) is 7.51. The number of methoxy groups -OCH3 is 1. The maximum atomic E-state index is 13.2. The van der Waals surface area contributed by atoms with E-state index in [0.717, 1.165) is 0 Å². The van der Waals surface area contributed by atoms with E-state index in [9.17, 15) is 22.8 Å². The van der Waals surface area contributed by atoms with Crippen LogP contribution in [-0.2, 0) is 14.3 Å². The van der Waals surface area contributed by atoms with Crippen molar-refractivity contribution in [3.63, 3.8) is 0 Å². The van der Waals surface area contributed by atoms with Gasteiger partial charge in [0.1, 0.15) is 0 Å². The SMILES string of the molecule is COC(=O)C1CCN(C(=O)C=C(c2ccccc2)C(F)(F)F)CC1. The van der Waals surface area contributed by atoms with Crippen LogP contribution in [0.2, 0.25) is 0 Å². The molecule has 0 unspecified atom stereocenters. The molecule has 0 N–H and O–H groups in total. The van der Waals surface area contributed by atoms with Gasteiger partial charge in [-0.1, -0.05) is 30.3 Å². The molecule has 1 amide bonds. The van der Waals surface area contributed by atoms with Gasteiger partial charge >= 0.3 is 12.1 Å². The predicted molar refractivity (Wildman–Crippen MR) is 81.8 cm³/mol. The van der Waals surface area contributed by atoms with Crippen LogP contribution in [0.5, 0.6) is 0 Å². The fourth-order valence-corrected chi connectivity index (χ4v) is 2.66. The maximum absolute atomic E-state index is 13.2. The highest BCUT2D eigenvalue weighted by Crippen LogP contribution is 2.34. The lowest BCUT2D eigenvalue weighted by molar-refractivity contribution is -0.148. The highest BCUT2D eigenvalue weighted by atomic mass is 19.4. The van der Waals surface area contributed by atoms with Gasteiger partial charge < -0.3 is 9.64 Å². The number of esters is 1. The number of halogens is 3. The average molecular weight is 341 g/mol. The zero-order valence-electron chi connectivity index (χ0n) is 13.2. The van der Waals surface area contributed by atoms with Gasteiger partial charge in [-0.15, -0.1) is 0 Å². The van der Waals surface area contributed by atoms with Gasteiger partial charge in [-0.3, -0.25) is 9.59 Å². The Balaban J connectivity index is 2.13. The number of nitrogens with zero attached hydrogens (tertiary/aromatic N) is 1. The number of benzene rings is 1. The Kier molecular flexibility index (Phi) is 5.64. The smallest absolute Gasteiger partial charge is 0.417 e. The first-order valence-corrected chi connectivity index (χ1v) is 7.54. The Hall–Kier alpha value is -2.31. The van der Waals surface area contributed by atoms with Crippen LogP contribution in [0.15, 0.2) is 36.4 Å². The van der Waals surface area contributed by atoms with Gasteiger partial charge in [0, 0.05) is 19.2 Å². The minimum atomic E-state index is -4.62. The van der Waals surface area contributed by atoms with Crippen LogP contribution in [0.3, 0.4) is 0 Å². The van der Waals surface area contributed by atoms with Crippen molar-refractivity contribution < 1.29 is 27.5 Å². The van der Waals surface area contributed by atoms with Crippen LogP contribution in [0, 0.1) is 5.92 Å². The van der Waals surface area contributed by atoms with E-state index in [1.54, 1.807) is 6.07 Å². The van der Waals surface area contributed by atoms with Crippen LogP contribution in [0.1, 0.15) is 18.4 Å². The first-order chi connectivity index (χ1) is 11.3. The lowest BCUT2D eigenvalue weighted by atomic mass is 9.96. The van der Waals surface area contributed by atoms with Crippen LogP contribution >= 0.6 is 0 Å². The van der Waals surface area contributed by atoms with Crippen molar-refractivity contribution in [2.45, 2.75) is 19.0 Å². The second-order valence-corrected chi connectivity index (χ2v) is 5.54. The summed E-state index contributed by atoms with van der Waals surface area (Å²) >= 11 is 0. The molecule has 0 aromatic heterocycles. The number of carbonyl (C=O) groups excluding carboxylic acids is 2. The lowest BCUT2D eigenvalue weighted by Gasteiger charge is -2.30. The van der Waals surface area contributed by atoms with Crippen molar-refractivity contribution in [3.8, 4) is 0 Å². The number of piperidine rings is 1. The van der Waals surface area contributed by atoms with Gasteiger partial charge in [-0.25, -0.2) is 0 Å². The molecule has 130 valence electrons. The van der Waals surface area contributed by atoms with Crippen LogP contribution < -0.4 is 0 Å². The molecule has 0 atom stereocenters. The molecule has 1 fully saturated rings. The third kappa shape index (κ3) is 4.37. The molecular formula is C17H18F3NO3. The van der Waals surface area contributed by atoms with Crippen molar-refractivity contribution in [3.05, 3.63) is 42.0 Å². The fraction of sp³-hybridized carbons (Fsp3) is 0.412. The Morgan fingerprint density at radius 1 is 1.17 bits per heavy atom. The number of hydrogen-bond acceptors (Lipinski definition) is 3. The zero-order chi connectivity index (χ0) is 17.7. The van der Waals surface area contributed by atoms with Gasteiger partial charge in [-0.2, -0.15) is 13.2 Å². The largest absolute Gasteiger partial charge is 0.469 e. The summed E-state index contributed by atoms with van der Waals surface area (Å²) in [6.07, 6.45) is -3.22. The molecule has 1 aliphatic rings. The first-order valence-electron chi connectivity index (χ1n) is 7.54. The number of carbonyl (C=O) groups is 2. The van der Waals surface area contributed by atoms with Gasteiger partial charge in [-0.05, 0) is 18.4 Å². The minimum absolute atomic E-state index is 0.0530. The topological polar surface area (TPSA) is 46.6 Å². The van der Waals surface area contributed by atoms with E-state index in [4.69, 9.17) is 0 Å². The Bertz CT molecular complexity index is 618. The van der Waals surface area contributed by atoms with Crippen LogP contribution in [-0.4, -0.2) is 43.2 Å². The fourth-order valence-electron chi connectivity index (χ4n) is 2.66. The van der Waals surface area contributed by atoms with E-state index in [0.29, 0.717) is 18.9 Å². The normalized spacial score (nSPS) is 16.8. The molecule has 0 aliphatic carbocycles. The summed E-state index contributed by atoms with van der Waals surface area (Å²) in [7, 11) is 1.29. The Morgan fingerprint density at radius 3 is 2.25 bits per heavy atom. The van der Waals surface area contributed by atoms with E-state index in [-0.39, 0.29) is 30.5 Å². The minimum Gasteiger partial charge on any atom is -0.469 e. The number of rotatable bonds is 3. The summed E-state index contributed by atoms with van der Waals surface area (Å²) in [6, 6.07) is 7.21. The van der Waals surface area contributed by atoms with Crippen LogP contribution in [0.25, 0.3) is 5.57 Å². The molecule has 24 heavy (non-hydrogen) atoms. The summed E-state index contributed by atoms with van der Waals surface area (Å²) in [6.45, 7) is 0.462. The van der Waals surface area contributed by atoms with Crippen LogP contribution in [0.4, 0.5) is 13.2 Å². The van der Waals surface area contributed by atoms with Crippen molar-refractivity contribution in [2.75, 3.05) is 20.2 Å². The van der Waals surface area contributed by atoms with E-state index in [2.05, 4.69) is 4.74 Å². The predicted octanol–water partition coefficient (Wildman–Crippen LogP) is 3.04. The zero-order valence-corrected chi connectivity index (χ0v) is 13.2. The Labute approximate surface area is 137 Å². The summed E-state index contributed by atoms with van der Waals surface area (Å²) in [5.74, 6) is -1.35. The molecule has 2 rings (SSSR count). The monoisotopic (exact) mass is 341 g/mol. The molecule has 0 bridgehead atoms. The molecule has 4 nitrogen and oxygen atoms in total. The van der Waals surface area contributed by atoms with Gasteiger partial charge in [0.05, 0.1) is 18.6 Å². The molecule has 1 heterocycles. The highest BCUT2D eigenvalue weighted by Gasteiger charge is 2.36. The lowest BCUT2D eigenvalue weighted by Crippen LogP contribution is -2.40. The summed E-state index contributed by atoms with van der Waals surface area (Å²) in [5, 5.41) is 0. The third-order valence-corrected chi connectivity index (χ3v) is 4.00. The number of hydrogen-bond donors (Lipinski definition) is 0. The molecule has 1 aromatic carbocycles. The molecule has 0 spiro atoms. The quantitative estimate of drug-likeness (QED) is 0.627. The van der Waals surface area contributed by atoms with Crippen molar-refractivity contribution in [1.29, 1.82) is 0 Å². The standard InChI is InChI=1S/C17H18F3NO3/c1-24-16(23)13-7-9-21(10-8-13)15(22)11-14(17(18,19)20)12-5-3-2-4-6-12/h2-6,11,13H,7-10H2,1H3. The van der Waals surface area contributed by atoms with E-state index in [1.807, 2.05) is 0 Å². The summed E-state index contributed by atoms with van der Waals surface area (Å²) in [5.41, 5.74) is -1.02. The summed E-state index contributed by atoms with van der Waals surface area (Å²) in [4.78, 5) is 25.0. The first kappa shape index (κ1) is 18.0. The highest BCUT2D eigenvalue weighted by molar-refractivity contribution is 5.96. The van der Waals surface area contributed by atoms with Gasteiger partial charge in [0.2, 0.25) is 5.91 Å². The average Bonchev–Trinajstić information content (AvgIpc) is 2.58. The maximum Gasteiger partial charge on any atom is 0.417 e. The van der Waals surface area contributed by atoms with E-state index in [1.165, 1.54) is 36.3 Å². The summed E-state index contributed by atoms with van der Waals surface area (Å²) < 4.78 is 44.4. The van der Waals surface area contributed by atoms with Crippen molar-refractivity contribution in [2.24, 2.45) is 5.92 Å².